The van der Waals surface area contributed by atoms with Gasteiger partial charge in [0.2, 0.25) is 6.54 Å². The van der Waals surface area contributed by atoms with Crippen molar-refractivity contribution in [3.63, 3.8) is 0 Å². The van der Waals surface area contributed by atoms with Gasteiger partial charge in [-0.15, -0.1) is 0 Å². The summed E-state index contributed by atoms with van der Waals surface area (Å²) in [7, 11) is 0. The molecular weight excluding hydrogens is 274 g/mol. The Labute approximate surface area is 124 Å². The lowest BCUT2D eigenvalue weighted by Crippen LogP contribution is -3.00. The van der Waals surface area contributed by atoms with Gasteiger partial charge in [0.25, 0.3) is 5.91 Å². The Bertz CT molecular complexity index is 650. The molecule has 0 bridgehead atoms. The summed E-state index contributed by atoms with van der Waals surface area (Å²) in [5.74, 6) is -0.116. The Morgan fingerprint density at radius 2 is 2.10 bits per heavy atom. The number of hydrogen-bond acceptors (Lipinski definition) is 2. The highest BCUT2D eigenvalue weighted by molar-refractivity contribution is 5.89. The largest absolute Gasteiger partial charge is 1.00 e. The van der Waals surface area contributed by atoms with E-state index >= 15 is 0 Å². The average Bonchev–Trinajstić information content (AvgIpc) is 2.41. The van der Waals surface area contributed by atoms with Crippen molar-refractivity contribution in [1.29, 1.82) is 5.26 Å². The summed E-state index contributed by atoms with van der Waals surface area (Å²) in [6.07, 6.45) is 1.86. The standard InChI is InChI=1S/C15H13N3O.ClH/c1-12-5-2-3-8-18(12)11-15(19)17-14-7-4-6-13(9-14)10-16;/h2-9H,11H2,1H3;1H. The molecule has 4 nitrogen and oxygen atoms in total. The molecule has 1 aromatic carbocycles. The van der Waals surface area contributed by atoms with E-state index in [-0.39, 0.29) is 24.9 Å². The van der Waals surface area contributed by atoms with E-state index in [1.54, 1.807) is 24.3 Å². The lowest BCUT2D eigenvalue weighted by atomic mass is 10.2. The minimum atomic E-state index is -0.116. The van der Waals surface area contributed by atoms with Crippen molar-refractivity contribution >= 4 is 11.6 Å². The van der Waals surface area contributed by atoms with Crippen LogP contribution in [0.1, 0.15) is 11.3 Å². The van der Waals surface area contributed by atoms with E-state index in [4.69, 9.17) is 5.26 Å². The van der Waals surface area contributed by atoms with Gasteiger partial charge < -0.3 is 17.7 Å². The summed E-state index contributed by atoms with van der Waals surface area (Å²) in [5, 5.41) is 11.6. The molecule has 0 atom stereocenters. The number of nitrogens with one attached hydrogen (secondary N) is 1. The second kappa shape index (κ2) is 7.27. The monoisotopic (exact) mass is 287 g/mol. The van der Waals surface area contributed by atoms with Crippen LogP contribution in [0, 0.1) is 18.3 Å². The van der Waals surface area contributed by atoms with Crippen molar-refractivity contribution in [2.75, 3.05) is 5.32 Å². The number of aromatic nitrogens is 1. The van der Waals surface area contributed by atoms with Crippen molar-refractivity contribution in [2.24, 2.45) is 0 Å². The van der Waals surface area contributed by atoms with Gasteiger partial charge in [0.1, 0.15) is 0 Å². The van der Waals surface area contributed by atoms with Crippen LogP contribution in [0.25, 0.3) is 0 Å². The van der Waals surface area contributed by atoms with Gasteiger partial charge in [0, 0.05) is 24.7 Å². The predicted molar refractivity (Wildman–Crippen MR) is 71.2 cm³/mol. The van der Waals surface area contributed by atoms with Crippen LogP contribution in [0.5, 0.6) is 0 Å². The highest BCUT2D eigenvalue weighted by atomic mass is 35.5. The molecule has 1 N–H and O–H groups in total. The fraction of sp³-hybridized carbons (Fsp3) is 0.133. The molecule has 1 aromatic heterocycles. The van der Waals surface area contributed by atoms with E-state index in [9.17, 15) is 4.79 Å². The van der Waals surface area contributed by atoms with Gasteiger partial charge in [0.15, 0.2) is 11.9 Å². The molecule has 0 spiro atoms. The minimum Gasteiger partial charge on any atom is -1.00 e. The van der Waals surface area contributed by atoms with Crippen molar-refractivity contribution in [3.05, 3.63) is 59.9 Å². The Morgan fingerprint density at radius 1 is 1.30 bits per heavy atom. The highest BCUT2D eigenvalue weighted by Gasteiger charge is 2.11. The van der Waals surface area contributed by atoms with E-state index in [1.807, 2.05) is 42.0 Å². The summed E-state index contributed by atoms with van der Waals surface area (Å²) < 4.78 is 1.86. The summed E-state index contributed by atoms with van der Waals surface area (Å²) in [6, 6.07) is 14.7. The lowest BCUT2D eigenvalue weighted by molar-refractivity contribution is -0.690. The molecule has 102 valence electrons. The van der Waals surface area contributed by atoms with Gasteiger partial charge in [-0.1, -0.05) is 12.1 Å². The third kappa shape index (κ3) is 4.08. The zero-order valence-electron chi connectivity index (χ0n) is 11.0. The first-order chi connectivity index (χ1) is 9.19. The SMILES string of the molecule is Cc1cccc[n+]1CC(=O)Nc1cccc(C#N)c1.[Cl-]. The zero-order valence-corrected chi connectivity index (χ0v) is 11.8. The van der Waals surface area contributed by atoms with E-state index in [0.717, 1.165) is 5.69 Å². The van der Waals surface area contributed by atoms with Gasteiger partial charge >= 0.3 is 0 Å². The molecule has 1 amide bonds. The molecule has 0 aliphatic carbocycles. The van der Waals surface area contributed by atoms with Gasteiger partial charge in [-0.3, -0.25) is 4.79 Å². The number of nitriles is 1. The van der Waals surface area contributed by atoms with Crippen LogP contribution in [-0.2, 0) is 11.3 Å². The van der Waals surface area contributed by atoms with Crippen LogP contribution in [0.3, 0.4) is 0 Å². The molecule has 0 saturated heterocycles. The molecule has 2 rings (SSSR count). The first-order valence-electron chi connectivity index (χ1n) is 5.94. The van der Waals surface area contributed by atoms with Crippen molar-refractivity contribution < 1.29 is 21.8 Å². The molecule has 20 heavy (non-hydrogen) atoms. The Morgan fingerprint density at radius 3 is 2.80 bits per heavy atom. The first kappa shape index (κ1) is 15.7. The van der Waals surface area contributed by atoms with Gasteiger partial charge in [-0.25, -0.2) is 0 Å². The summed E-state index contributed by atoms with van der Waals surface area (Å²) in [5.41, 5.74) is 2.18. The number of benzene rings is 1. The summed E-state index contributed by atoms with van der Waals surface area (Å²) in [4.78, 5) is 11.9. The molecule has 0 saturated carbocycles. The van der Waals surface area contributed by atoms with E-state index in [2.05, 4.69) is 5.32 Å². The quantitative estimate of drug-likeness (QED) is 0.721. The number of pyridine rings is 1. The number of aryl methyl sites for hydroxylation is 1. The van der Waals surface area contributed by atoms with E-state index in [0.29, 0.717) is 11.3 Å². The van der Waals surface area contributed by atoms with Crippen LogP contribution in [0.2, 0.25) is 0 Å². The minimum absolute atomic E-state index is 0. The van der Waals surface area contributed by atoms with E-state index in [1.165, 1.54) is 0 Å². The van der Waals surface area contributed by atoms with Crippen LogP contribution < -0.4 is 22.3 Å². The summed E-state index contributed by atoms with van der Waals surface area (Å²) in [6.45, 7) is 2.20. The molecule has 0 unspecified atom stereocenters. The zero-order chi connectivity index (χ0) is 13.7. The van der Waals surface area contributed by atoms with Gasteiger partial charge in [-0.2, -0.15) is 9.83 Å². The van der Waals surface area contributed by atoms with Crippen molar-refractivity contribution in [2.45, 2.75) is 13.5 Å². The molecule has 0 aliphatic rings. The number of amides is 1. The maximum absolute atomic E-state index is 11.9. The highest BCUT2D eigenvalue weighted by Crippen LogP contribution is 2.09. The molecule has 5 heteroatoms. The first-order valence-corrected chi connectivity index (χ1v) is 5.94. The van der Waals surface area contributed by atoms with Crippen LogP contribution in [0.4, 0.5) is 5.69 Å². The lowest BCUT2D eigenvalue weighted by Gasteiger charge is -2.04. The van der Waals surface area contributed by atoms with Crippen LogP contribution in [0.15, 0.2) is 48.7 Å². The van der Waals surface area contributed by atoms with Crippen LogP contribution >= 0.6 is 0 Å². The number of rotatable bonds is 3. The Balaban J connectivity index is 0.00000200. The Kier molecular flexibility index (Phi) is 5.70. The summed E-state index contributed by atoms with van der Waals surface area (Å²) >= 11 is 0. The second-order valence-corrected chi connectivity index (χ2v) is 4.21. The maximum atomic E-state index is 11.9. The van der Waals surface area contributed by atoms with Crippen molar-refractivity contribution in [3.8, 4) is 6.07 Å². The maximum Gasteiger partial charge on any atom is 0.290 e. The molecule has 1 heterocycles. The predicted octanol–water partition coefficient (Wildman–Crippen LogP) is -1.20. The molecule has 0 radical (unpaired) electrons. The third-order valence-electron chi connectivity index (χ3n) is 2.76. The third-order valence-corrected chi connectivity index (χ3v) is 2.76. The number of carbonyl (C=O) groups is 1. The normalized spacial score (nSPS) is 9.20. The number of hydrogen-bond donors (Lipinski definition) is 1. The second-order valence-electron chi connectivity index (χ2n) is 4.21. The number of anilines is 1. The average molecular weight is 288 g/mol. The Hall–Kier alpha value is -2.38. The fourth-order valence-corrected chi connectivity index (χ4v) is 1.76. The van der Waals surface area contributed by atoms with Gasteiger partial charge in [-0.05, 0) is 18.2 Å². The topological polar surface area (TPSA) is 56.8 Å². The van der Waals surface area contributed by atoms with Crippen LogP contribution in [-0.4, -0.2) is 5.91 Å². The number of nitrogens with zero attached hydrogens (tertiary/aromatic N) is 2. The molecule has 0 aliphatic heterocycles. The molecular formula is C15H14ClN3O. The number of halogens is 1. The number of carbonyl (C=O) groups excluding carboxylic acids is 1. The smallest absolute Gasteiger partial charge is 0.290 e. The van der Waals surface area contributed by atoms with Crippen molar-refractivity contribution in [1.82, 2.24) is 0 Å². The van der Waals surface area contributed by atoms with Gasteiger partial charge in [0.05, 0.1) is 11.6 Å². The fourth-order valence-electron chi connectivity index (χ4n) is 1.76. The molecule has 2 aromatic rings. The molecule has 0 fully saturated rings. The van der Waals surface area contributed by atoms with E-state index < -0.39 is 0 Å².